The second-order valence-corrected chi connectivity index (χ2v) is 2.53. The Kier molecular flexibility index (Phi) is 1.71. The Morgan fingerprint density at radius 3 is 2.89 bits per heavy atom. The monoisotopic (exact) mass is 128 g/mol. The van der Waals surface area contributed by atoms with Crippen molar-refractivity contribution in [2.45, 2.75) is 19.4 Å². The quantitative estimate of drug-likeness (QED) is 0.461. The molecule has 1 aliphatic rings. The van der Waals surface area contributed by atoms with Crippen LogP contribution in [0.5, 0.6) is 0 Å². The molecule has 0 aromatic rings. The molecule has 3 nitrogen and oxygen atoms in total. The van der Waals surface area contributed by atoms with E-state index < -0.39 is 0 Å². The maximum Gasteiger partial charge on any atom is 0.224 e. The van der Waals surface area contributed by atoms with E-state index in [9.17, 15) is 4.79 Å². The van der Waals surface area contributed by atoms with Gasteiger partial charge in [0.15, 0.2) is 0 Å². The average Bonchev–Trinajstić information content (AvgIpc) is 1.83. The molecule has 0 saturated carbocycles. The molecule has 1 fully saturated rings. The van der Waals surface area contributed by atoms with E-state index in [2.05, 4.69) is 5.32 Å². The zero-order chi connectivity index (χ0) is 6.85. The molecule has 0 radical (unpaired) electrons. The van der Waals surface area contributed by atoms with Crippen molar-refractivity contribution in [3.8, 4) is 0 Å². The van der Waals surface area contributed by atoms with Crippen LogP contribution in [0.25, 0.3) is 0 Å². The Bertz CT molecular complexity index is 124. The zero-order valence-electron chi connectivity index (χ0n) is 5.55. The lowest BCUT2D eigenvalue weighted by Crippen LogP contribution is -2.47. The first-order valence-corrected chi connectivity index (χ1v) is 3.25. The minimum Gasteiger partial charge on any atom is -0.356 e. The Hall–Kier alpha value is -0.570. The number of carbonyl (C=O) groups excluding carboxylic acids is 1. The van der Waals surface area contributed by atoms with Gasteiger partial charge in [-0.05, 0) is 6.42 Å². The van der Waals surface area contributed by atoms with E-state index in [4.69, 9.17) is 5.73 Å². The molecule has 1 heterocycles. The van der Waals surface area contributed by atoms with Crippen LogP contribution in [0.2, 0.25) is 0 Å². The minimum absolute atomic E-state index is 0.00116. The van der Waals surface area contributed by atoms with Crippen molar-refractivity contribution >= 4 is 5.91 Å². The topological polar surface area (TPSA) is 55.1 Å². The standard InChI is InChI=1S/C6H12N2O/c1-4-5(7)2-3-8-6(4)9/h4-5H,2-3,7H2,1H3,(H,8,9). The molecule has 2 atom stereocenters. The van der Waals surface area contributed by atoms with Gasteiger partial charge in [0.1, 0.15) is 0 Å². The maximum atomic E-state index is 10.8. The SMILES string of the molecule is CC1C(=O)NCCC1N. The smallest absolute Gasteiger partial charge is 0.224 e. The minimum atomic E-state index is -0.00116. The van der Waals surface area contributed by atoms with Crippen LogP contribution in [-0.4, -0.2) is 18.5 Å². The van der Waals surface area contributed by atoms with Crippen LogP contribution in [-0.2, 0) is 4.79 Å². The van der Waals surface area contributed by atoms with Crippen LogP contribution in [0, 0.1) is 5.92 Å². The second-order valence-electron chi connectivity index (χ2n) is 2.53. The van der Waals surface area contributed by atoms with Gasteiger partial charge < -0.3 is 11.1 Å². The van der Waals surface area contributed by atoms with Crippen LogP contribution >= 0.6 is 0 Å². The lowest BCUT2D eigenvalue weighted by Gasteiger charge is -2.24. The summed E-state index contributed by atoms with van der Waals surface area (Å²) in [6.07, 6.45) is 0.910. The molecule has 0 bridgehead atoms. The molecule has 1 amide bonds. The fourth-order valence-corrected chi connectivity index (χ4v) is 0.967. The third kappa shape index (κ3) is 1.21. The summed E-state index contributed by atoms with van der Waals surface area (Å²) in [5.41, 5.74) is 5.61. The lowest BCUT2D eigenvalue weighted by atomic mass is 9.96. The van der Waals surface area contributed by atoms with Gasteiger partial charge in [-0.2, -0.15) is 0 Å². The molecular weight excluding hydrogens is 116 g/mol. The van der Waals surface area contributed by atoms with Gasteiger partial charge in [0.2, 0.25) is 5.91 Å². The summed E-state index contributed by atoms with van der Waals surface area (Å²) in [5.74, 6) is 0.0903. The maximum absolute atomic E-state index is 10.8. The van der Waals surface area contributed by atoms with Crippen molar-refractivity contribution < 1.29 is 4.79 Å². The van der Waals surface area contributed by atoms with Crippen molar-refractivity contribution in [1.82, 2.24) is 5.32 Å². The molecule has 0 aromatic heterocycles. The highest BCUT2D eigenvalue weighted by Gasteiger charge is 2.23. The second kappa shape index (κ2) is 2.35. The molecule has 3 heteroatoms. The fraction of sp³-hybridized carbons (Fsp3) is 0.833. The third-order valence-corrected chi connectivity index (χ3v) is 1.83. The number of carbonyl (C=O) groups is 1. The molecule has 0 aliphatic carbocycles. The summed E-state index contributed by atoms with van der Waals surface area (Å²) >= 11 is 0. The Labute approximate surface area is 54.6 Å². The van der Waals surface area contributed by atoms with E-state index in [1.54, 1.807) is 0 Å². The summed E-state index contributed by atoms with van der Waals surface area (Å²) in [6.45, 7) is 2.60. The van der Waals surface area contributed by atoms with E-state index in [-0.39, 0.29) is 17.9 Å². The normalized spacial score (nSPS) is 36.0. The molecule has 0 aromatic carbocycles. The first kappa shape index (κ1) is 6.55. The van der Waals surface area contributed by atoms with Crippen molar-refractivity contribution in [3.63, 3.8) is 0 Å². The molecule has 1 rings (SSSR count). The number of nitrogens with two attached hydrogens (primary N) is 1. The van der Waals surface area contributed by atoms with Gasteiger partial charge in [0.25, 0.3) is 0 Å². The highest BCUT2D eigenvalue weighted by molar-refractivity contribution is 5.79. The van der Waals surface area contributed by atoms with E-state index >= 15 is 0 Å². The summed E-state index contributed by atoms with van der Waals surface area (Å²) < 4.78 is 0. The van der Waals surface area contributed by atoms with Crippen molar-refractivity contribution in [2.75, 3.05) is 6.54 Å². The van der Waals surface area contributed by atoms with E-state index in [1.807, 2.05) is 6.92 Å². The van der Waals surface area contributed by atoms with Crippen LogP contribution in [0.15, 0.2) is 0 Å². The van der Waals surface area contributed by atoms with E-state index in [1.165, 1.54) is 0 Å². The lowest BCUT2D eigenvalue weighted by molar-refractivity contribution is -0.126. The Morgan fingerprint density at radius 2 is 2.44 bits per heavy atom. The predicted molar refractivity (Wildman–Crippen MR) is 34.8 cm³/mol. The molecular formula is C6H12N2O. The highest BCUT2D eigenvalue weighted by Crippen LogP contribution is 2.07. The largest absolute Gasteiger partial charge is 0.356 e. The molecule has 3 N–H and O–H groups in total. The Morgan fingerprint density at radius 1 is 1.78 bits per heavy atom. The van der Waals surface area contributed by atoms with Gasteiger partial charge in [0, 0.05) is 12.6 Å². The van der Waals surface area contributed by atoms with Crippen LogP contribution in [0.3, 0.4) is 0 Å². The predicted octanol–water partition coefficient (Wildman–Crippen LogP) is -0.530. The fourth-order valence-electron chi connectivity index (χ4n) is 0.967. The van der Waals surface area contributed by atoms with Crippen LogP contribution in [0.4, 0.5) is 0 Å². The first-order valence-electron chi connectivity index (χ1n) is 3.25. The molecule has 2 unspecified atom stereocenters. The summed E-state index contributed by atoms with van der Waals surface area (Å²) in [7, 11) is 0. The summed E-state index contributed by atoms with van der Waals surface area (Å²) in [6, 6.07) is 0.0683. The van der Waals surface area contributed by atoms with Gasteiger partial charge >= 0.3 is 0 Å². The number of nitrogens with one attached hydrogen (secondary N) is 1. The number of hydrogen-bond acceptors (Lipinski definition) is 2. The molecule has 1 saturated heterocycles. The number of piperidine rings is 1. The average molecular weight is 128 g/mol. The van der Waals surface area contributed by atoms with Crippen molar-refractivity contribution in [3.05, 3.63) is 0 Å². The van der Waals surface area contributed by atoms with Gasteiger partial charge in [-0.15, -0.1) is 0 Å². The van der Waals surface area contributed by atoms with Crippen molar-refractivity contribution in [1.29, 1.82) is 0 Å². The van der Waals surface area contributed by atoms with Gasteiger partial charge in [0.05, 0.1) is 5.92 Å². The first-order chi connectivity index (χ1) is 4.22. The van der Waals surface area contributed by atoms with Gasteiger partial charge in [-0.3, -0.25) is 4.79 Å². The van der Waals surface area contributed by atoms with Crippen LogP contribution in [0.1, 0.15) is 13.3 Å². The molecule has 0 spiro atoms. The number of hydrogen-bond donors (Lipinski definition) is 2. The third-order valence-electron chi connectivity index (χ3n) is 1.83. The number of amides is 1. The summed E-state index contributed by atoms with van der Waals surface area (Å²) in [5, 5.41) is 2.74. The van der Waals surface area contributed by atoms with Gasteiger partial charge in [-0.25, -0.2) is 0 Å². The van der Waals surface area contributed by atoms with Crippen molar-refractivity contribution in [2.24, 2.45) is 11.7 Å². The molecule has 9 heavy (non-hydrogen) atoms. The highest BCUT2D eigenvalue weighted by atomic mass is 16.1. The number of rotatable bonds is 0. The zero-order valence-corrected chi connectivity index (χ0v) is 5.55. The summed E-state index contributed by atoms with van der Waals surface area (Å²) in [4.78, 5) is 10.8. The van der Waals surface area contributed by atoms with E-state index in [0.29, 0.717) is 0 Å². The molecule has 52 valence electrons. The van der Waals surface area contributed by atoms with Crippen LogP contribution < -0.4 is 11.1 Å². The Balaban J connectivity index is 2.51. The molecule has 1 aliphatic heterocycles. The van der Waals surface area contributed by atoms with Gasteiger partial charge in [-0.1, -0.05) is 6.92 Å². The van der Waals surface area contributed by atoms with E-state index in [0.717, 1.165) is 13.0 Å².